The van der Waals surface area contributed by atoms with E-state index in [1.165, 1.54) is 0 Å². The van der Waals surface area contributed by atoms with Crippen LogP contribution < -0.4 is 5.32 Å². The van der Waals surface area contributed by atoms with Crippen molar-refractivity contribution in [3.8, 4) is 0 Å². The Morgan fingerprint density at radius 3 is 2.52 bits per heavy atom. The van der Waals surface area contributed by atoms with Crippen LogP contribution in [0.4, 0.5) is 0 Å². The van der Waals surface area contributed by atoms with Crippen LogP contribution in [0.2, 0.25) is 0 Å². The highest BCUT2D eigenvalue weighted by Gasteiger charge is 2.24. The predicted octanol–water partition coefficient (Wildman–Crippen LogP) is 4.06. The molecule has 1 aromatic rings. The molecule has 0 aliphatic carbocycles. The van der Waals surface area contributed by atoms with Crippen molar-refractivity contribution in [2.24, 2.45) is 0 Å². The van der Waals surface area contributed by atoms with E-state index in [1.54, 1.807) is 0 Å². The number of hydrogen-bond acceptors (Lipinski definition) is 4. The molecule has 8 heteroatoms. The van der Waals surface area contributed by atoms with Gasteiger partial charge in [0.05, 0.1) is 0 Å². The van der Waals surface area contributed by atoms with Crippen LogP contribution in [0.3, 0.4) is 0 Å². The predicted molar refractivity (Wildman–Crippen MR) is 85.1 cm³/mol. The van der Waals surface area contributed by atoms with Gasteiger partial charge in [0.2, 0.25) is 0 Å². The van der Waals surface area contributed by atoms with Crippen molar-refractivity contribution in [3.05, 3.63) is 16.5 Å². The van der Waals surface area contributed by atoms with Crippen molar-refractivity contribution < 1.29 is 17.6 Å². The third kappa shape index (κ3) is 5.64. The molecule has 0 saturated heterocycles. The highest BCUT2D eigenvalue weighted by Crippen LogP contribution is 2.28. The molecule has 0 saturated carbocycles. The minimum Gasteiger partial charge on any atom is -0.443 e. The first-order chi connectivity index (χ1) is 9.79. The number of hydrogen-bond donors (Lipinski definition) is 1. The summed E-state index contributed by atoms with van der Waals surface area (Å²) in [5.74, 6) is -0.504. The summed E-state index contributed by atoms with van der Waals surface area (Å²) in [5, 5.41) is 2.87. The third-order valence-electron chi connectivity index (χ3n) is 3.02. The maximum atomic E-state index is 12.1. The average molecular weight is 401 g/mol. The van der Waals surface area contributed by atoms with E-state index in [9.17, 15) is 13.2 Å². The molecule has 0 aliphatic rings. The lowest BCUT2D eigenvalue weighted by Gasteiger charge is -2.16. The van der Waals surface area contributed by atoms with Gasteiger partial charge in [0, 0.05) is 22.8 Å². The summed E-state index contributed by atoms with van der Waals surface area (Å²) >= 11 is 2.95. The van der Waals surface area contributed by atoms with Gasteiger partial charge in [0.1, 0.15) is 4.90 Å². The van der Waals surface area contributed by atoms with Gasteiger partial charge in [-0.15, -0.1) is 0 Å². The Kier molecular flexibility index (Phi) is 7.23. The van der Waals surface area contributed by atoms with Crippen LogP contribution in [0.1, 0.15) is 56.5 Å². The normalized spacial score (nSPS) is 13.1. The van der Waals surface area contributed by atoms with Gasteiger partial charge in [-0.3, -0.25) is 4.79 Å². The molecule has 1 unspecified atom stereocenters. The molecule has 0 aliphatic heterocycles. The fraction of sp³-hybridized carbons (Fsp3) is 0.615. The molecule has 21 heavy (non-hydrogen) atoms. The highest BCUT2D eigenvalue weighted by molar-refractivity contribution is 9.10. The average Bonchev–Trinajstić information content (AvgIpc) is 2.78. The number of furan rings is 1. The van der Waals surface area contributed by atoms with Gasteiger partial charge in [-0.2, -0.15) is 0 Å². The van der Waals surface area contributed by atoms with E-state index < -0.39 is 15.0 Å². The van der Waals surface area contributed by atoms with Crippen LogP contribution >= 0.6 is 26.6 Å². The lowest BCUT2D eigenvalue weighted by molar-refractivity contribution is 0.0902. The van der Waals surface area contributed by atoms with Crippen molar-refractivity contribution in [2.75, 3.05) is 0 Å². The molecular formula is C13H19BrClNO4S. The second kappa shape index (κ2) is 8.19. The maximum Gasteiger partial charge on any atom is 0.287 e. The Labute approximate surface area is 138 Å². The number of nitrogens with one attached hydrogen (secondary N) is 1. The van der Waals surface area contributed by atoms with Crippen molar-refractivity contribution in [2.45, 2.75) is 56.9 Å². The molecule has 1 aromatic heterocycles. The molecule has 0 fully saturated rings. The number of amides is 1. The number of rotatable bonds is 8. The Hall–Kier alpha value is -0.530. The van der Waals surface area contributed by atoms with E-state index >= 15 is 0 Å². The Balaban J connectivity index is 2.83. The van der Waals surface area contributed by atoms with Crippen LogP contribution in [0.25, 0.3) is 0 Å². The van der Waals surface area contributed by atoms with E-state index in [0.29, 0.717) is 0 Å². The fourth-order valence-electron chi connectivity index (χ4n) is 1.97. The lowest BCUT2D eigenvalue weighted by Crippen LogP contribution is -2.34. The zero-order chi connectivity index (χ0) is 16.0. The molecule has 0 radical (unpaired) electrons. The SMILES string of the molecule is CCCCC(CCC)NC(=O)c1cc(S(=O)(=O)Cl)c(Br)o1. The summed E-state index contributed by atoms with van der Waals surface area (Å²) in [6.07, 6.45) is 4.79. The van der Waals surface area contributed by atoms with Crippen LogP contribution in [-0.4, -0.2) is 20.4 Å². The zero-order valence-corrected chi connectivity index (χ0v) is 15.1. The summed E-state index contributed by atoms with van der Waals surface area (Å²) < 4.78 is 27.7. The number of carbonyl (C=O) groups excluding carboxylic acids is 1. The maximum absolute atomic E-state index is 12.1. The van der Waals surface area contributed by atoms with Gasteiger partial charge >= 0.3 is 0 Å². The first kappa shape index (κ1) is 18.5. The van der Waals surface area contributed by atoms with E-state index in [0.717, 1.165) is 38.2 Å². The Morgan fingerprint density at radius 1 is 1.38 bits per heavy atom. The van der Waals surface area contributed by atoms with Gasteiger partial charge in [-0.25, -0.2) is 8.42 Å². The highest BCUT2D eigenvalue weighted by atomic mass is 79.9. The third-order valence-corrected chi connectivity index (χ3v) is 5.20. The first-order valence-corrected chi connectivity index (χ1v) is 9.94. The minimum atomic E-state index is -3.95. The molecule has 1 heterocycles. The zero-order valence-electron chi connectivity index (χ0n) is 12.0. The quantitative estimate of drug-likeness (QED) is 0.668. The topological polar surface area (TPSA) is 76.4 Å². The van der Waals surface area contributed by atoms with Crippen LogP contribution in [-0.2, 0) is 9.05 Å². The minimum absolute atomic E-state index is 0.0578. The molecule has 0 bridgehead atoms. The molecule has 1 rings (SSSR count). The summed E-state index contributed by atoms with van der Waals surface area (Å²) in [4.78, 5) is 11.9. The van der Waals surface area contributed by atoms with Crippen molar-refractivity contribution >= 4 is 41.6 Å². The number of halogens is 2. The fourth-order valence-corrected chi connectivity index (χ4v) is 4.01. The van der Waals surface area contributed by atoms with Crippen molar-refractivity contribution in [1.82, 2.24) is 5.32 Å². The molecule has 0 aromatic carbocycles. The molecule has 0 spiro atoms. The van der Waals surface area contributed by atoms with E-state index in [1.807, 2.05) is 6.92 Å². The molecule has 1 N–H and O–H groups in total. The van der Waals surface area contributed by atoms with Crippen LogP contribution in [0.5, 0.6) is 0 Å². The van der Waals surface area contributed by atoms with Crippen LogP contribution in [0, 0.1) is 0 Å². The summed E-state index contributed by atoms with van der Waals surface area (Å²) in [6.45, 7) is 4.14. The van der Waals surface area contributed by atoms with Crippen molar-refractivity contribution in [1.29, 1.82) is 0 Å². The smallest absolute Gasteiger partial charge is 0.287 e. The molecule has 1 amide bonds. The number of unbranched alkanes of at least 4 members (excludes halogenated alkanes) is 1. The Bertz CT molecular complexity index is 585. The molecular weight excluding hydrogens is 382 g/mol. The van der Waals surface area contributed by atoms with Gasteiger partial charge in [0.25, 0.3) is 15.0 Å². The van der Waals surface area contributed by atoms with Gasteiger partial charge < -0.3 is 9.73 Å². The standard InChI is InChI=1S/C13H19BrClNO4S/c1-3-5-7-9(6-4-2)16-13(17)10-8-11(12(14)20-10)21(15,18)19/h8-9H,3-7H2,1-2H3,(H,16,17). The Morgan fingerprint density at radius 2 is 2.05 bits per heavy atom. The van der Waals surface area contributed by atoms with Crippen LogP contribution in [0.15, 0.2) is 20.0 Å². The molecule has 1 atom stereocenters. The summed E-state index contributed by atoms with van der Waals surface area (Å²) in [7, 11) is 1.31. The van der Waals surface area contributed by atoms with Gasteiger partial charge in [0.15, 0.2) is 10.4 Å². The lowest BCUT2D eigenvalue weighted by atomic mass is 10.1. The second-order valence-electron chi connectivity index (χ2n) is 4.79. The van der Waals surface area contributed by atoms with Gasteiger partial charge in [-0.05, 0) is 28.8 Å². The molecule has 5 nitrogen and oxygen atoms in total. The first-order valence-electron chi connectivity index (χ1n) is 6.84. The number of carbonyl (C=O) groups is 1. The van der Waals surface area contributed by atoms with E-state index in [2.05, 4.69) is 28.2 Å². The monoisotopic (exact) mass is 399 g/mol. The molecule has 120 valence electrons. The summed E-state index contributed by atoms with van der Waals surface area (Å²) in [5.41, 5.74) is 0. The largest absolute Gasteiger partial charge is 0.443 e. The summed E-state index contributed by atoms with van der Waals surface area (Å²) in [6, 6.07) is 1.19. The van der Waals surface area contributed by atoms with Crippen molar-refractivity contribution in [3.63, 3.8) is 0 Å². The van der Waals surface area contributed by atoms with E-state index in [-0.39, 0.29) is 21.4 Å². The van der Waals surface area contributed by atoms with E-state index in [4.69, 9.17) is 15.1 Å². The second-order valence-corrected chi connectivity index (χ2v) is 8.04. The van der Waals surface area contributed by atoms with Gasteiger partial charge in [-0.1, -0.05) is 33.1 Å².